The Labute approximate surface area is 121 Å². The number of carbonyl (C=O) groups excluding carboxylic acids is 1. The fraction of sp³-hybridized carbons (Fsp3) is 0.588. The third-order valence-electron chi connectivity index (χ3n) is 3.64. The molecule has 1 heterocycles. The van der Waals surface area contributed by atoms with Crippen molar-refractivity contribution in [2.75, 3.05) is 13.2 Å². The normalized spacial score (nSPS) is 22.8. The van der Waals surface area contributed by atoms with Gasteiger partial charge in [-0.15, -0.1) is 0 Å². The minimum Gasteiger partial charge on any atom is -0.460 e. The van der Waals surface area contributed by atoms with Gasteiger partial charge >= 0.3 is 5.97 Å². The Morgan fingerprint density at radius 1 is 1.35 bits per heavy atom. The molecule has 1 unspecified atom stereocenters. The zero-order chi connectivity index (χ0) is 14.8. The van der Waals surface area contributed by atoms with Crippen molar-refractivity contribution in [3.8, 4) is 0 Å². The second-order valence-electron chi connectivity index (χ2n) is 6.78. The maximum absolute atomic E-state index is 12.0. The molecule has 0 bridgehead atoms. The Morgan fingerprint density at radius 3 is 2.65 bits per heavy atom. The van der Waals surface area contributed by atoms with E-state index >= 15 is 0 Å². The van der Waals surface area contributed by atoms with Gasteiger partial charge in [-0.05, 0) is 38.3 Å². The van der Waals surface area contributed by atoms with Crippen LogP contribution >= 0.6 is 0 Å². The standard InChI is InChI=1S/C17H24O3/c1-16(2,3)20-15(18)11-13-7-5-6-8-14(13)17(4)9-10-19-12-17/h5-8H,9-12H2,1-4H3. The van der Waals surface area contributed by atoms with Crippen molar-refractivity contribution >= 4 is 5.97 Å². The van der Waals surface area contributed by atoms with Crippen molar-refractivity contribution in [1.29, 1.82) is 0 Å². The van der Waals surface area contributed by atoms with Gasteiger partial charge in [-0.3, -0.25) is 4.79 Å². The average Bonchev–Trinajstić information content (AvgIpc) is 2.75. The molecule has 1 atom stereocenters. The monoisotopic (exact) mass is 276 g/mol. The molecule has 1 aliphatic rings. The topological polar surface area (TPSA) is 35.5 Å². The van der Waals surface area contributed by atoms with E-state index in [1.165, 1.54) is 5.56 Å². The molecule has 1 aliphatic heterocycles. The van der Waals surface area contributed by atoms with E-state index in [0.717, 1.165) is 25.2 Å². The second kappa shape index (κ2) is 5.57. The lowest BCUT2D eigenvalue weighted by Gasteiger charge is -2.26. The van der Waals surface area contributed by atoms with E-state index in [4.69, 9.17) is 9.47 Å². The molecule has 1 aromatic rings. The van der Waals surface area contributed by atoms with Gasteiger partial charge in [0.15, 0.2) is 0 Å². The molecule has 0 N–H and O–H groups in total. The number of rotatable bonds is 3. The van der Waals surface area contributed by atoms with Crippen LogP contribution in [0.25, 0.3) is 0 Å². The highest BCUT2D eigenvalue weighted by molar-refractivity contribution is 5.73. The van der Waals surface area contributed by atoms with Gasteiger partial charge < -0.3 is 9.47 Å². The van der Waals surface area contributed by atoms with E-state index in [-0.39, 0.29) is 11.4 Å². The van der Waals surface area contributed by atoms with Gasteiger partial charge in [-0.1, -0.05) is 31.2 Å². The van der Waals surface area contributed by atoms with Crippen LogP contribution in [0.15, 0.2) is 24.3 Å². The second-order valence-corrected chi connectivity index (χ2v) is 6.78. The molecule has 1 aromatic carbocycles. The lowest BCUT2D eigenvalue weighted by atomic mass is 9.79. The molecule has 2 rings (SSSR count). The highest BCUT2D eigenvalue weighted by atomic mass is 16.6. The van der Waals surface area contributed by atoms with Crippen LogP contribution < -0.4 is 0 Å². The predicted octanol–water partition coefficient (Wildman–Crippen LogP) is 3.25. The molecule has 0 radical (unpaired) electrons. The molecule has 0 aliphatic carbocycles. The summed E-state index contributed by atoms with van der Waals surface area (Å²) in [5, 5.41) is 0. The SMILES string of the molecule is CC(C)(C)OC(=O)Cc1ccccc1C1(C)CCOC1. The Balaban J connectivity index is 2.18. The van der Waals surface area contributed by atoms with Gasteiger partial charge in [-0.25, -0.2) is 0 Å². The maximum Gasteiger partial charge on any atom is 0.310 e. The number of hydrogen-bond donors (Lipinski definition) is 0. The molecule has 1 fully saturated rings. The van der Waals surface area contributed by atoms with Gasteiger partial charge in [0.1, 0.15) is 5.60 Å². The molecule has 3 heteroatoms. The fourth-order valence-corrected chi connectivity index (χ4v) is 2.68. The number of esters is 1. The molecule has 0 amide bonds. The molecule has 0 spiro atoms. The van der Waals surface area contributed by atoms with Crippen LogP contribution in [0, 0.1) is 0 Å². The first-order chi connectivity index (χ1) is 9.30. The van der Waals surface area contributed by atoms with Crippen molar-refractivity contribution in [1.82, 2.24) is 0 Å². The third kappa shape index (κ3) is 3.60. The van der Waals surface area contributed by atoms with Crippen molar-refractivity contribution in [2.45, 2.75) is 51.6 Å². The van der Waals surface area contributed by atoms with Gasteiger partial charge in [0.2, 0.25) is 0 Å². The highest BCUT2D eigenvalue weighted by Crippen LogP contribution is 2.35. The molecule has 1 saturated heterocycles. The first kappa shape index (κ1) is 15.0. The first-order valence-electron chi connectivity index (χ1n) is 7.18. The van der Waals surface area contributed by atoms with Crippen LogP contribution in [0.5, 0.6) is 0 Å². The zero-order valence-electron chi connectivity index (χ0n) is 12.9. The van der Waals surface area contributed by atoms with E-state index in [0.29, 0.717) is 6.42 Å². The largest absolute Gasteiger partial charge is 0.460 e. The van der Waals surface area contributed by atoms with Crippen LogP contribution in [-0.4, -0.2) is 24.8 Å². The third-order valence-corrected chi connectivity index (χ3v) is 3.64. The Hall–Kier alpha value is -1.35. The molecule has 110 valence electrons. The number of carbonyl (C=O) groups is 1. The predicted molar refractivity (Wildman–Crippen MR) is 78.8 cm³/mol. The van der Waals surface area contributed by atoms with Crippen LogP contribution in [0.3, 0.4) is 0 Å². The van der Waals surface area contributed by atoms with E-state index in [2.05, 4.69) is 13.0 Å². The molecule has 3 nitrogen and oxygen atoms in total. The van der Waals surface area contributed by atoms with Crippen LogP contribution in [-0.2, 0) is 26.1 Å². The summed E-state index contributed by atoms with van der Waals surface area (Å²) in [6, 6.07) is 8.12. The Bertz CT molecular complexity index is 479. The summed E-state index contributed by atoms with van der Waals surface area (Å²) < 4.78 is 11.0. The van der Waals surface area contributed by atoms with Gasteiger partial charge in [0.25, 0.3) is 0 Å². The highest BCUT2D eigenvalue weighted by Gasteiger charge is 2.33. The van der Waals surface area contributed by atoms with Gasteiger partial charge in [0, 0.05) is 12.0 Å². The Morgan fingerprint density at radius 2 is 2.05 bits per heavy atom. The average molecular weight is 276 g/mol. The van der Waals surface area contributed by atoms with Gasteiger partial charge in [0.05, 0.1) is 13.0 Å². The molecular formula is C17H24O3. The van der Waals surface area contributed by atoms with Crippen molar-refractivity contribution in [2.24, 2.45) is 0 Å². The molecule has 0 aromatic heterocycles. The lowest BCUT2D eigenvalue weighted by Crippen LogP contribution is -2.27. The maximum atomic E-state index is 12.0. The first-order valence-corrected chi connectivity index (χ1v) is 7.18. The minimum absolute atomic E-state index is 0.0125. The van der Waals surface area contributed by atoms with Gasteiger partial charge in [-0.2, -0.15) is 0 Å². The Kier molecular flexibility index (Phi) is 4.19. The smallest absolute Gasteiger partial charge is 0.310 e. The van der Waals surface area contributed by atoms with Crippen LogP contribution in [0.4, 0.5) is 0 Å². The van der Waals surface area contributed by atoms with E-state index in [9.17, 15) is 4.79 Å². The summed E-state index contributed by atoms with van der Waals surface area (Å²) in [4.78, 5) is 12.0. The van der Waals surface area contributed by atoms with Crippen LogP contribution in [0.1, 0.15) is 45.2 Å². The van der Waals surface area contributed by atoms with Crippen molar-refractivity contribution in [3.63, 3.8) is 0 Å². The van der Waals surface area contributed by atoms with Crippen LogP contribution in [0.2, 0.25) is 0 Å². The van der Waals surface area contributed by atoms with Crippen molar-refractivity contribution in [3.05, 3.63) is 35.4 Å². The zero-order valence-corrected chi connectivity index (χ0v) is 12.9. The fourth-order valence-electron chi connectivity index (χ4n) is 2.68. The summed E-state index contributed by atoms with van der Waals surface area (Å²) in [6.07, 6.45) is 1.32. The number of hydrogen-bond acceptors (Lipinski definition) is 3. The molecular weight excluding hydrogens is 252 g/mol. The summed E-state index contributed by atoms with van der Waals surface area (Å²) in [7, 11) is 0. The summed E-state index contributed by atoms with van der Waals surface area (Å²) in [6.45, 7) is 9.39. The minimum atomic E-state index is -0.438. The van der Waals surface area contributed by atoms with E-state index in [1.54, 1.807) is 0 Å². The van der Waals surface area contributed by atoms with Crippen molar-refractivity contribution < 1.29 is 14.3 Å². The summed E-state index contributed by atoms with van der Waals surface area (Å²) >= 11 is 0. The quantitative estimate of drug-likeness (QED) is 0.795. The number of ether oxygens (including phenoxy) is 2. The number of benzene rings is 1. The summed E-state index contributed by atoms with van der Waals surface area (Å²) in [5.74, 6) is -0.174. The molecule has 0 saturated carbocycles. The van der Waals surface area contributed by atoms with E-state index in [1.807, 2.05) is 39.0 Å². The lowest BCUT2D eigenvalue weighted by molar-refractivity contribution is -0.153. The van der Waals surface area contributed by atoms with E-state index < -0.39 is 5.60 Å². The summed E-state index contributed by atoms with van der Waals surface area (Å²) in [5.41, 5.74) is 1.84. The molecule has 20 heavy (non-hydrogen) atoms.